The van der Waals surface area contributed by atoms with Crippen molar-refractivity contribution in [2.45, 2.75) is 51.4 Å². The number of aryl methyl sites for hydroxylation is 2. The van der Waals surface area contributed by atoms with Crippen LogP contribution in [0.15, 0.2) is 48.7 Å². The van der Waals surface area contributed by atoms with Gasteiger partial charge in [0.1, 0.15) is 11.6 Å². The van der Waals surface area contributed by atoms with Crippen molar-refractivity contribution in [1.29, 1.82) is 0 Å². The van der Waals surface area contributed by atoms with Gasteiger partial charge < -0.3 is 14.7 Å². The number of unbranched alkanes of at least 4 members (excludes halogenated alkanes) is 1. The van der Waals surface area contributed by atoms with E-state index in [0.717, 1.165) is 93.2 Å². The molecule has 0 aliphatic carbocycles. The van der Waals surface area contributed by atoms with Gasteiger partial charge in [-0.05, 0) is 118 Å². The summed E-state index contributed by atoms with van der Waals surface area (Å²) in [6, 6.07) is 12.7. The number of methoxy groups -OCH3 is 1. The normalized spacial score (nSPS) is 16.0. The summed E-state index contributed by atoms with van der Waals surface area (Å²) in [5.41, 5.74) is 3.24. The number of hydrogen-bond donors (Lipinski definition) is 1. The van der Waals surface area contributed by atoms with Crippen molar-refractivity contribution in [3.05, 3.63) is 70.6 Å². The quantitative estimate of drug-likeness (QED) is 0.308. The molecule has 1 aromatic heterocycles. The van der Waals surface area contributed by atoms with E-state index >= 15 is 0 Å². The number of pyridine rings is 1. The van der Waals surface area contributed by atoms with Gasteiger partial charge in [-0.1, -0.05) is 23.7 Å². The number of benzene rings is 2. The van der Waals surface area contributed by atoms with Gasteiger partial charge in [-0.3, -0.25) is 4.98 Å². The molecule has 2 aromatic carbocycles. The first-order valence-electron chi connectivity index (χ1n) is 12.7. The molecule has 35 heavy (non-hydrogen) atoms. The van der Waals surface area contributed by atoms with Crippen molar-refractivity contribution in [3.8, 4) is 5.75 Å². The number of likely N-dealkylation sites (tertiary alicyclic amines) is 1. The Morgan fingerprint density at radius 1 is 1.06 bits per heavy atom. The van der Waals surface area contributed by atoms with E-state index in [-0.39, 0.29) is 17.8 Å². The first kappa shape index (κ1) is 25.9. The molecule has 188 valence electrons. The van der Waals surface area contributed by atoms with Gasteiger partial charge in [0.25, 0.3) is 0 Å². The van der Waals surface area contributed by atoms with Gasteiger partial charge in [0.05, 0.1) is 17.6 Å². The summed E-state index contributed by atoms with van der Waals surface area (Å²) in [7, 11) is 1.67. The molecular weight excluding hydrogens is 463 g/mol. The molecule has 1 saturated heterocycles. The van der Waals surface area contributed by atoms with Crippen LogP contribution < -0.4 is 4.74 Å². The Labute approximate surface area is 213 Å². The molecule has 2 heterocycles. The number of rotatable bonds is 11. The predicted octanol–water partition coefficient (Wildman–Crippen LogP) is 6.46. The minimum atomic E-state index is -0.174. The lowest BCUT2D eigenvalue weighted by Crippen LogP contribution is -2.42. The van der Waals surface area contributed by atoms with Crippen LogP contribution in [0.4, 0.5) is 4.39 Å². The SMILES string of the molecule is COc1ccc2ncc(Cl)c(CCCC3(CO)CCN(CCCCc4ccc(F)cc4)CC3)c2c1. The van der Waals surface area contributed by atoms with E-state index in [9.17, 15) is 9.50 Å². The molecule has 0 unspecified atom stereocenters. The lowest BCUT2D eigenvalue weighted by Gasteiger charge is -2.41. The Bertz CT molecular complexity index is 1100. The van der Waals surface area contributed by atoms with E-state index in [2.05, 4.69) is 9.88 Å². The van der Waals surface area contributed by atoms with Crippen LogP contribution in [-0.2, 0) is 12.8 Å². The average Bonchev–Trinajstić information content (AvgIpc) is 2.89. The number of halogens is 2. The number of aliphatic hydroxyl groups excluding tert-OH is 1. The van der Waals surface area contributed by atoms with Crippen LogP contribution in [0.5, 0.6) is 5.75 Å². The van der Waals surface area contributed by atoms with Crippen molar-refractivity contribution in [2.24, 2.45) is 5.41 Å². The van der Waals surface area contributed by atoms with Crippen LogP contribution in [-0.4, -0.2) is 48.3 Å². The van der Waals surface area contributed by atoms with Crippen LogP contribution in [0.1, 0.15) is 49.7 Å². The second-order valence-corrected chi connectivity index (χ2v) is 10.3. The highest BCUT2D eigenvalue weighted by Crippen LogP contribution is 2.37. The first-order valence-corrected chi connectivity index (χ1v) is 13.1. The van der Waals surface area contributed by atoms with Crippen LogP contribution in [0, 0.1) is 11.2 Å². The van der Waals surface area contributed by atoms with Gasteiger partial charge in [0, 0.05) is 18.2 Å². The van der Waals surface area contributed by atoms with Crippen LogP contribution in [0.25, 0.3) is 10.9 Å². The number of nitrogens with zero attached hydrogens (tertiary/aromatic N) is 2. The summed E-state index contributed by atoms with van der Waals surface area (Å²) in [5, 5.41) is 12.0. The Kier molecular flexibility index (Phi) is 8.99. The monoisotopic (exact) mass is 498 g/mol. The molecule has 1 N–H and O–H groups in total. The number of aliphatic hydroxyl groups is 1. The number of hydrogen-bond acceptors (Lipinski definition) is 4. The Balaban J connectivity index is 1.25. The van der Waals surface area contributed by atoms with E-state index < -0.39 is 0 Å². The van der Waals surface area contributed by atoms with Crippen LogP contribution in [0.2, 0.25) is 5.02 Å². The molecule has 4 nitrogen and oxygen atoms in total. The highest BCUT2D eigenvalue weighted by atomic mass is 35.5. The highest BCUT2D eigenvalue weighted by molar-refractivity contribution is 6.32. The largest absolute Gasteiger partial charge is 0.497 e. The van der Waals surface area contributed by atoms with Crippen molar-refractivity contribution >= 4 is 22.5 Å². The fraction of sp³-hybridized carbons (Fsp3) is 0.483. The molecule has 0 amide bonds. The maximum absolute atomic E-state index is 13.0. The van der Waals surface area contributed by atoms with Crippen molar-refractivity contribution in [1.82, 2.24) is 9.88 Å². The number of aromatic nitrogens is 1. The zero-order valence-corrected chi connectivity index (χ0v) is 21.4. The second-order valence-electron chi connectivity index (χ2n) is 9.90. The molecule has 3 aromatic rings. The summed E-state index contributed by atoms with van der Waals surface area (Å²) >= 11 is 6.54. The fourth-order valence-corrected chi connectivity index (χ4v) is 5.52. The van der Waals surface area contributed by atoms with E-state index in [1.807, 2.05) is 30.3 Å². The number of piperidine rings is 1. The van der Waals surface area contributed by atoms with E-state index in [4.69, 9.17) is 16.3 Å². The first-order chi connectivity index (χ1) is 17.0. The van der Waals surface area contributed by atoms with E-state index in [1.54, 1.807) is 13.3 Å². The minimum absolute atomic E-state index is 0.00237. The molecule has 0 spiro atoms. The summed E-state index contributed by atoms with van der Waals surface area (Å²) in [6.07, 6.45) is 9.87. The minimum Gasteiger partial charge on any atom is -0.497 e. The van der Waals surface area contributed by atoms with Crippen molar-refractivity contribution < 1.29 is 14.2 Å². The van der Waals surface area contributed by atoms with Gasteiger partial charge in [0.2, 0.25) is 0 Å². The fourth-order valence-electron chi connectivity index (χ4n) is 5.28. The van der Waals surface area contributed by atoms with Crippen molar-refractivity contribution in [2.75, 3.05) is 33.4 Å². The maximum Gasteiger partial charge on any atom is 0.123 e. The van der Waals surface area contributed by atoms with E-state index in [0.29, 0.717) is 5.02 Å². The molecule has 1 fully saturated rings. The molecule has 0 bridgehead atoms. The summed E-state index contributed by atoms with van der Waals surface area (Å²) < 4.78 is 18.4. The standard InChI is InChI=1S/C29H36ClFN2O2/c1-35-24-11-12-28-26(19-24)25(27(30)20-32-28)6-4-13-29(21-34)14-17-33(18-15-29)16-3-2-5-22-7-9-23(31)10-8-22/h7-12,19-20,34H,2-6,13-18,21H2,1H3. The second kappa shape index (κ2) is 12.2. The summed E-state index contributed by atoms with van der Waals surface area (Å²) in [5.74, 6) is 0.631. The zero-order chi connectivity index (χ0) is 24.7. The molecule has 1 aliphatic heterocycles. The summed E-state index contributed by atoms with van der Waals surface area (Å²) in [4.78, 5) is 6.98. The van der Waals surface area contributed by atoms with Crippen LogP contribution in [0.3, 0.4) is 0 Å². The summed E-state index contributed by atoms with van der Waals surface area (Å²) in [6.45, 7) is 3.40. The average molecular weight is 499 g/mol. The molecular formula is C29H36ClFN2O2. The van der Waals surface area contributed by atoms with Gasteiger partial charge in [-0.15, -0.1) is 0 Å². The van der Waals surface area contributed by atoms with Gasteiger partial charge in [-0.25, -0.2) is 4.39 Å². The van der Waals surface area contributed by atoms with Gasteiger partial charge in [-0.2, -0.15) is 0 Å². The smallest absolute Gasteiger partial charge is 0.123 e. The van der Waals surface area contributed by atoms with Crippen LogP contribution >= 0.6 is 11.6 Å². The lowest BCUT2D eigenvalue weighted by molar-refractivity contribution is 0.0352. The van der Waals surface area contributed by atoms with Crippen molar-refractivity contribution in [3.63, 3.8) is 0 Å². The molecule has 0 radical (unpaired) electrons. The third kappa shape index (κ3) is 6.72. The molecule has 0 saturated carbocycles. The molecule has 4 rings (SSSR count). The highest BCUT2D eigenvalue weighted by Gasteiger charge is 2.33. The molecule has 1 aliphatic rings. The Hall–Kier alpha value is -2.21. The zero-order valence-electron chi connectivity index (χ0n) is 20.6. The Morgan fingerprint density at radius 3 is 2.54 bits per heavy atom. The number of ether oxygens (including phenoxy) is 1. The topological polar surface area (TPSA) is 45.6 Å². The third-order valence-corrected chi connectivity index (χ3v) is 7.95. The van der Waals surface area contributed by atoms with Gasteiger partial charge >= 0.3 is 0 Å². The third-order valence-electron chi connectivity index (χ3n) is 7.62. The number of fused-ring (bicyclic) bond motifs is 1. The molecule has 0 atom stereocenters. The molecule has 6 heteroatoms. The maximum atomic E-state index is 13.0. The van der Waals surface area contributed by atoms with E-state index in [1.165, 1.54) is 17.7 Å². The lowest BCUT2D eigenvalue weighted by atomic mass is 9.75. The predicted molar refractivity (Wildman–Crippen MR) is 141 cm³/mol. The Morgan fingerprint density at radius 2 is 1.83 bits per heavy atom. The van der Waals surface area contributed by atoms with Gasteiger partial charge in [0.15, 0.2) is 0 Å².